The number of halogens is 1. The van der Waals surface area contributed by atoms with Crippen LogP contribution < -0.4 is 4.74 Å². The fourth-order valence-electron chi connectivity index (χ4n) is 4.05. The molecular weight excluding hydrogens is 430 g/mol. The third-order valence-electron chi connectivity index (χ3n) is 5.47. The Labute approximate surface area is 191 Å². The highest BCUT2D eigenvalue weighted by atomic mass is 35.5. The standard InChI is InChI=1S/C24H26ClN3O4/c1-3-11-32-17-7-4-6-15(13-17)23-20-21(18-14-16(25)8-9-19(18)29)26-27-22(20)24(30)28(23)10-5-12-31-2/h4,6-9,13-14,23,29H,3,5,10-12H2,1-2H3,(H,26,27). The highest BCUT2D eigenvalue weighted by Crippen LogP contribution is 2.45. The number of methoxy groups -OCH3 is 1. The summed E-state index contributed by atoms with van der Waals surface area (Å²) in [5.74, 6) is 0.659. The van der Waals surface area contributed by atoms with Crippen LogP contribution in [-0.2, 0) is 4.74 Å². The highest BCUT2D eigenvalue weighted by molar-refractivity contribution is 6.31. The molecule has 168 valence electrons. The topological polar surface area (TPSA) is 87.7 Å². The number of carbonyl (C=O) groups excluding carboxylic acids is 1. The molecule has 1 aliphatic rings. The summed E-state index contributed by atoms with van der Waals surface area (Å²) in [6, 6.07) is 12.2. The van der Waals surface area contributed by atoms with Gasteiger partial charge in [-0.25, -0.2) is 0 Å². The number of aromatic hydroxyl groups is 1. The minimum Gasteiger partial charge on any atom is -0.507 e. The lowest BCUT2D eigenvalue weighted by molar-refractivity contribution is 0.0723. The van der Waals surface area contributed by atoms with Crippen LogP contribution in [-0.4, -0.2) is 53.0 Å². The molecule has 0 bridgehead atoms. The van der Waals surface area contributed by atoms with Crippen molar-refractivity contribution in [2.45, 2.75) is 25.8 Å². The number of hydrogen-bond acceptors (Lipinski definition) is 5. The summed E-state index contributed by atoms with van der Waals surface area (Å²) in [5.41, 5.74) is 3.03. The van der Waals surface area contributed by atoms with E-state index in [0.29, 0.717) is 48.2 Å². The number of carbonyl (C=O) groups is 1. The number of nitrogens with one attached hydrogen (secondary N) is 1. The van der Waals surface area contributed by atoms with Crippen LogP contribution in [0.15, 0.2) is 42.5 Å². The Balaban J connectivity index is 1.82. The van der Waals surface area contributed by atoms with E-state index in [-0.39, 0.29) is 17.7 Å². The molecule has 1 aliphatic heterocycles. The van der Waals surface area contributed by atoms with Gasteiger partial charge in [-0.3, -0.25) is 9.89 Å². The summed E-state index contributed by atoms with van der Waals surface area (Å²) in [4.78, 5) is 15.1. The second-order valence-electron chi connectivity index (χ2n) is 7.69. The molecule has 2 aromatic carbocycles. The molecule has 0 radical (unpaired) electrons. The van der Waals surface area contributed by atoms with E-state index in [1.165, 1.54) is 6.07 Å². The number of phenols is 1. The zero-order valence-electron chi connectivity index (χ0n) is 18.1. The van der Waals surface area contributed by atoms with Crippen LogP contribution >= 0.6 is 11.6 Å². The Morgan fingerprint density at radius 2 is 2.06 bits per heavy atom. The van der Waals surface area contributed by atoms with Gasteiger partial charge in [0.2, 0.25) is 0 Å². The van der Waals surface area contributed by atoms with Crippen molar-refractivity contribution in [3.05, 3.63) is 64.3 Å². The van der Waals surface area contributed by atoms with E-state index in [2.05, 4.69) is 17.1 Å². The largest absolute Gasteiger partial charge is 0.507 e. The maximum Gasteiger partial charge on any atom is 0.273 e. The molecule has 1 amide bonds. The predicted octanol–water partition coefficient (Wildman–Crippen LogP) is 4.81. The van der Waals surface area contributed by atoms with Gasteiger partial charge in [0, 0.05) is 36.4 Å². The lowest BCUT2D eigenvalue weighted by Crippen LogP contribution is -2.31. The normalized spacial score (nSPS) is 15.3. The maximum atomic E-state index is 13.3. The zero-order chi connectivity index (χ0) is 22.7. The van der Waals surface area contributed by atoms with Crippen molar-refractivity contribution in [1.82, 2.24) is 15.1 Å². The summed E-state index contributed by atoms with van der Waals surface area (Å²) < 4.78 is 11.0. The third-order valence-corrected chi connectivity index (χ3v) is 5.71. The number of benzene rings is 2. The van der Waals surface area contributed by atoms with Gasteiger partial charge in [-0.15, -0.1) is 0 Å². The van der Waals surface area contributed by atoms with E-state index in [4.69, 9.17) is 21.1 Å². The van der Waals surface area contributed by atoms with Gasteiger partial charge in [0.15, 0.2) is 0 Å². The van der Waals surface area contributed by atoms with Crippen molar-refractivity contribution in [2.75, 3.05) is 26.9 Å². The molecule has 8 heteroatoms. The van der Waals surface area contributed by atoms with Crippen LogP contribution in [0.1, 0.15) is 47.4 Å². The summed E-state index contributed by atoms with van der Waals surface area (Å²) in [7, 11) is 1.64. The van der Waals surface area contributed by atoms with Crippen LogP contribution in [0.4, 0.5) is 0 Å². The summed E-state index contributed by atoms with van der Waals surface area (Å²) in [6.07, 6.45) is 1.60. The Hall–Kier alpha value is -3.03. The van der Waals surface area contributed by atoms with Gasteiger partial charge in [-0.2, -0.15) is 5.10 Å². The molecule has 7 nitrogen and oxygen atoms in total. The van der Waals surface area contributed by atoms with Crippen molar-refractivity contribution in [2.24, 2.45) is 0 Å². The average molecular weight is 456 g/mol. The SMILES string of the molecule is CCCOc1cccc(C2c3c(-c4cc(Cl)ccc4O)n[nH]c3C(=O)N2CCCOC)c1. The van der Waals surface area contributed by atoms with Gasteiger partial charge in [-0.05, 0) is 48.7 Å². The number of aromatic amines is 1. The molecule has 32 heavy (non-hydrogen) atoms. The first kappa shape index (κ1) is 22.2. The van der Waals surface area contributed by atoms with E-state index in [1.807, 2.05) is 29.2 Å². The molecule has 1 atom stereocenters. The molecule has 0 spiro atoms. The fraction of sp³-hybridized carbons (Fsp3) is 0.333. The molecule has 2 N–H and O–H groups in total. The van der Waals surface area contributed by atoms with E-state index < -0.39 is 0 Å². The first-order chi connectivity index (χ1) is 15.5. The minimum atomic E-state index is -0.383. The molecule has 2 heterocycles. The Morgan fingerprint density at radius 3 is 2.84 bits per heavy atom. The third kappa shape index (κ3) is 4.18. The summed E-state index contributed by atoms with van der Waals surface area (Å²) >= 11 is 6.19. The second kappa shape index (κ2) is 9.63. The van der Waals surface area contributed by atoms with E-state index in [1.54, 1.807) is 19.2 Å². The lowest BCUT2D eigenvalue weighted by atomic mass is 9.95. The van der Waals surface area contributed by atoms with Crippen molar-refractivity contribution < 1.29 is 19.4 Å². The van der Waals surface area contributed by atoms with Gasteiger partial charge in [0.05, 0.1) is 12.6 Å². The number of rotatable bonds is 9. The molecule has 0 saturated heterocycles. The number of ether oxygens (including phenoxy) is 2. The lowest BCUT2D eigenvalue weighted by Gasteiger charge is -2.26. The van der Waals surface area contributed by atoms with Gasteiger partial charge >= 0.3 is 0 Å². The molecule has 3 aromatic rings. The molecule has 0 saturated carbocycles. The van der Waals surface area contributed by atoms with Crippen LogP contribution in [0.25, 0.3) is 11.3 Å². The summed E-state index contributed by atoms with van der Waals surface area (Å²) in [6.45, 7) is 3.73. The smallest absolute Gasteiger partial charge is 0.273 e. The van der Waals surface area contributed by atoms with Crippen molar-refractivity contribution in [3.8, 4) is 22.8 Å². The maximum absolute atomic E-state index is 13.3. The second-order valence-corrected chi connectivity index (χ2v) is 8.13. The highest BCUT2D eigenvalue weighted by Gasteiger charge is 2.42. The number of fused-ring (bicyclic) bond motifs is 1. The van der Waals surface area contributed by atoms with Gasteiger partial charge in [0.25, 0.3) is 5.91 Å². The van der Waals surface area contributed by atoms with Gasteiger partial charge < -0.3 is 19.5 Å². The van der Waals surface area contributed by atoms with Crippen LogP contribution in [0, 0.1) is 0 Å². The molecule has 4 rings (SSSR count). The first-order valence-electron chi connectivity index (χ1n) is 10.6. The van der Waals surface area contributed by atoms with Crippen LogP contribution in [0.3, 0.4) is 0 Å². The van der Waals surface area contributed by atoms with E-state index in [0.717, 1.165) is 23.3 Å². The Kier molecular flexibility index (Phi) is 6.67. The van der Waals surface area contributed by atoms with Crippen molar-refractivity contribution in [3.63, 3.8) is 0 Å². The Bertz CT molecular complexity index is 1110. The van der Waals surface area contributed by atoms with Crippen molar-refractivity contribution >= 4 is 17.5 Å². The number of H-pyrrole nitrogens is 1. The average Bonchev–Trinajstić information content (AvgIpc) is 3.33. The molecule has 0 aliphatic carbocycles. The van der Waals surface area contributed by atoms with E-state index in [9.17, 15) is 9.90 Å². The Morgan fingerprint density at radius 1 is 1.22 bits per heavy atom. The number of aromatic nitrogens is 2. The quantitative estimate of drug-likeness (QED) is 0.452. The number of amides is 1. The zero-order valence-corrected chi connectivity index (χ0v) is 18.9. The minimum absolute atomic E-state index is 0.0489. The van der Waals surface area contributed by atoms with Gasteiger partial charge in [0.1, 0.15) is 22.9 Å². The number of phenolic OH excluding ortho intramolecular Hbond substituents is 1. The first-order valence-corrected chi connectivity index (χ1v) is 11.0. The summed E-state index contributed by atoms with van der Waals surface area (Å²) in [5, 5.41) is 18.3. The van der Waals surface area contributed by atoms with Crippen LogP contribution in [0.5, 0.6) is 11.5 Å². The fourth-order valence-corrected chi connectivity index (χ4v) is 4.22. The monoisotopic (exact) mass is 455 g/mol. The predicted molar refractivity (Wildman–Crippen MR) is 122 cm³/mol. The van der Waals surface area contributed by atoms with Crippen LogP contribution in [0.2, 0.25) is 5.02 Å². The number of hydrogen-bond donors (Lipinski definition) is 2. The molecule has 1 aromatic heterocycles. The van der Waals surface area contributed by atoms with E-state index >= 15 is 0 Å². The molecule has 0 fully saturated rings. The van der Waals surface area contributed by atoms with Gasteiger partial charge in [-0.1, -0.05) is 30.7 Å². The molecular formula is C24H26ClN3O4. The molecule has 1 unspecified atom stereocenters. The van der Waals surface area contributed by atoms with Crippen molar-refractivity contribution in [1.29, 1.82) is 0 Å². The number of nitrogens with zero attached hydrogens (tertiary/aromatic N) is 2.